The van der Waals surface area contributed by atoms with Crippen LogP contribution in [0.15, 0.2) is 24.3 Å². The molecule has 1 N–H and O–H groups in total. The van der Waals surface area contributed by atoms with Crippen molar-refractivity contribution in [2.45, 2.75) is 38.3 Å². The summed E-state index contributed by atoms with van der Waals surface area (Å²) < 4.78 is 16.1. The predicted octanol–water partition coefficient (Wildman–Crippen LogP) is 2.29. The number of ether oxygens (including phenoxy) is 3. The number of hydrogen-bond acceptors (Lipinski definition) is 5. The molecular weight excluding hydrogens is 294 g/mol. The second kappa shape index (κ2) is 7.32. The Morgan fingerprint density at radius 1 is 1.30 bits per heavy atom. The van der Waals surface area contributed by atoms with Crippen LogP contribution in [0.1, 0.15) is 31.7 Å². The molecule has 0 amide bonds. The van der Waals surface area contributed by atoms with Crippen molar-refractivity contribution >= 4 is 5.97 Å². The Morgan fingerprint density at radius 2 is 2.04 bits per heavy atom. The van der Waals surface area contributed by atoms with Crippen molar-refractivity contribution in [1.82, 2.24) is 5.32 Å². The summed E-state index contributed by atoms with van der Waals surface area (Å²) in [5, 5.41) is 3.45. The lowest BCUT2D eigenvalue weighted by molar-refractivity contribution is -0.152. The van der Waals surface area contributed by atoms with Gasteiger partial charge in [0.05, 0.1) is 38.4 Å². The van der Waals surface area contributed by atoms with Gasteiger partial charge in [-0.25, -0.2) is 0 Å². The van der Waals surface area contributed by atoms with Crippen LogP contribution in [-0.4, -0.2) is 37.9 Å². The molecular formula is C18H25NO4. The van der Waals surface area contributed by atoms with Crippen LogP contribution in [0.25, 0.3) is 0 Å². The van der Waals surface area contributed by atoms with E-state index in [2.05, 4.69) is 17.4 Å². The summed E-state index contributed by atoms with van der Waals surface area (Å²) in [6, 6.07) is 8.14. The molecule has 5 nitrogen and oxygen atoms in total. The van der Waals surface area contributed by atoms with Gasteiger partial charge in [-0.05, 0) is 43.4 Å². The van der Waals surface area contributed by atoms with Crippen LogP contribution in [0, 0.1) is 5.92 Å². The maximum absolute atomic E-state index is 11.7. The standard InChI is InChI=1S/C18H25NO4/c1-2-22-17(20)9-18(12-21-13-18)19-10-14-5-7-16(8-6-14)23-11-15-3-4-15/h5-8,15,19H,2-4,9-13H2,1H3. The van der Waals surface area contributed by atoms with Crippen molar-refractivity contribution in [3.05, 3.63) is 29.8 Å². The second-order valence-electron chi connectivity index (χ2n) is 6.51. The molecule has 1 heterocycles. The second-order valence-corrected chi connectivity index (χ2v) is 6.51. The van der Waals surface area contributed by atoms with Crippen LogP contribution >= 0.6 is 0 Å². The Kier molecular flexibility index (Phi) is 5.18. The van der Waals surface area contributed by atoms with E-state index in [0.717, 1.165) is 18.3 Å². The first-order chi connectivity index (χ1) is 11.2. The molecule has 0 aromatic heterocycles. The van der Waals surface area contributed by atoms with Gasteiger partial charge in [-0.2, -0.15) is 0 Å². The summed E-state index contributed by atoms with van der Waals surface area (Å²) >= 11 is 0. The van der Waals surface area contributed by atoms with Gasteiger partial charge in [0.2, 0.25) is 0 Å². The molecule has 1 saturated carbocycles. The predicted molar refractivity (Wildman–Crippen MR) is 86.3 cm³/mol. The van der Waals surface area contributed by atoms with Gasteiger partial charge < -0.3 is 19.5 Å². The molecule has 0 bridgehead atoms. The molecule has 2 aliphatic rings. The summed E-state index contributed by atoms with van der Waals surface area (Å²) in [6.45, 7) is 4.87. The van der Waals surface area contributed by atoms with Crippen LogP contribution in [0.5, 0.6) is 5.75 Å². The highest BCUT2D eigenvalue weighted by Gasteiger charge is 2.40. The molecule has 126 valence electrons. The number of esters is 1. The molecule has 0 spiro atoms. The van der Waals surface area contributed by atoms with Gasteiger partial charge in [-0.1, -0.05) is 12.1 Å². The Hall–Kier alpha value is -1.59. The van der Waals surface area contributed by atoms with E-state index >= 15 is 0 Å². The Balaban J connectivity index is 1.47. The van der Waals surface area contributed by atoms with Gasteiger partial charge in [-0.15, -0.1) is 0 Å². The van der Waals surface area contributed by atoms with E-state index in [1.165, 1.54) is 18.4 Å². The Bertz CT molecular complexity index is 520. The number of carbonyl (C=O) groups is 1. The lowest BCUT2D eigenvalue weighted by Gasteiger charge is -2.41. The number of benzene rings is 1. The van der Waals surface area contributed by atoms with Crippen molar-refractivity contribution < 1.29 is 19.0 Å². The number of rotatable bonds is 9. The van der Waals surface area contributed by atoms with E-state index in [0.29, 0.717) is 32.8 Å². The van der Waals surface area contributed by atoms with Crippen LogP contribution in [0.2, 0.25) is 0 Å². The van der Waals surface area contributed by atoms with Crippen LogP contribution in [-0.2, 0) is 20.8 Å². The minimum absolute atomic E-state index is 0.174. The Labute approximate surface area is 137 Å². The van der Waals surface area contributed by atoms with Crippen LogP contribution in [0.4, 0.5) is 0 Å². The molecule has 0 radical (unpaired) electrons. The molecule has 1 aromatic carbocycles. The zero-order valence-electron chi connectivity index (χ0n) is 13.7. The van der Waals surface area contributed by atoms with Gasteiger partial charge in [0.25, 0.3) is 0 Å². The fraction of sp³-hybridized carbons (Fsp3) is 0.611. The first kappa shape index (κ1) is 16.3. The largest absolute Gasteiger partial charge is 0.493 e. The van der Waals surface area contributed by atoms with Crippen molar-refractivity contribution in [1.29, 1.82) is 0 Å². The Morgan fingerprint density at radius 3 is 2.61 bits per heavy atom. The maximum atomic E-state index is 11.7. The zero-order valence-corrected chi connectivity index (χ0v) is 13.7. The molecule has 5 heteroatoms. The quantitative estimate of drug-likeness (QED) is 0.708. The molecule has 1 saturated heterocycles. The topological polar surface area (TPSA) is 56.8 Å². The summed E-state index contributed by atoms with van der Waals surface area (Å²) in [6.07, 6.45) is 2.95. The van der Waals surface area contributed by atoms with Crippen molar-refractivity contribution in [2.75, 3.05) is 26.4 Å². The smallest absolute Gasteiger partial charge is 0.307 e. The molecule has 1 aliphatic heterocycles. The van der Waals surface area contributed by atoms with E-state index in [1.54, 1.807) is 0 Å². The summed E-state index contributed by atoms with van der Waals surface area (Å²) in [4.78, 5) is 11.7. The van der Waals surface area contributed by atoms with Crippen molar-refractivity contribution in [3.63, 3.8) is 0 Å². The fourth-order valence-corrected chi connectivity index (χ4v) is 2.60. The minimum atomic E-state index is -0.284. The molecule has 2 fully saturated rings. The van der Waals surface area contributed by atoms with E-state index in [9.17, 15) is 4.79 Å². The molecule has 0 atom stereocenters. The van der Waals surface area contributed by atoms with Gasteiger partial charge in [0.1, 0.15) is 5.75 Å². The van der Waals surface area contributed by atoms with E-state index < -0.39 is 0 Å². The highest BCUT2D eigenvalue weighted by molar-refractivity contribution is 5.71. The number of carbonyl (C=O) groups excluding carboxylic acids is 1. The number of nitrogens with one attached hydrogen (secondary N) is 1. The summed E-state index contributed by atoms with van der Waals surface area (Å²) in [5.41, 5.74) is 0.881. The summed E-state index contributed by atoms with van der Waals surface area (Å²) in [7, 11) is 0. The van der Waals surface area contributed by atoms with Gasteiger partial charge >= 0.3 is 5.97 Å². The lowest BCUT2D eigenvalue weighted by atomic mass is 9.92. The van der Waals surface area contributed by atoms with Crippen LogP contribution < -0.4 is 10.1 Å². The molecule has 1 aliphatic carbocycles. The van der Waals surface area contributed by atoms with E-state index in [4.69, 9.17) is 14.2 Å². The number of hydrogen-bond donors (Lipinski definition) is 1. The van der Waals surface area contributed by atoms with Crippen LogP contribution in [0.3, 0.4) is 0 Å². The third-order valence-electron chi connectivity index (χ3n) is 4.32. The monoisotopic (exact) mass is 319 g/mol. The minimum Gasteiger partial charge on any atom is -0.493 e. The third kappa shape index (κ3) is 4.69. The molecule has 3 rings (SSSR count). The van der Waals surface area contributed by atoms with Gasteiger partial charge in [0, 0.05) is 6.54 Å². The van der Waals surface area contributed by atoms with Crippen molar-refractivity contribution in [3.8, 4) is 5.75 Å². The summed E-state index contributed by atoms with van der Waals surface area (Å²) in [5.74, 6) is 1.51. The van der Waals surface area contributed by atoms with E-state index in [-0.39, 0.29) is 11.5 Å². The average Bonchev–Trinajstić information content (AvgIpc) is 3.33. The normalized spacial score (nSPS) is 19.0. The first-order valence-corrected chi connectivity index (χ1v) is 8.39. The first-order valence-electron chi connectivity index (χ1n) is 8.39. The van der Waals surface area contributed by atoms with Crippen molar-refractivity contribution in [2.24, 2.45) is 5.92 Å². The molecule has 23 heavy (non-hydrogen) atoms. The highest BCUT2D eigenvalue weighted by atomic mass is 16.5. The SMILES string of the molecule is CCOC(=O)CC1(NCc2ccc(OCC3CC3)cc2)COC1. The average molecular weight is 319 g/mol. The van der Waals surface area contributed by atoms with Gasteiger partial charge in [0.15, 0.2) is 0 Å². The van der Waals surface area contributed by atoms with Gasteiger partial charge in [-0.3, -0.25) is 4.79 Å². The molecule has 1 aromatic rings. The third-order valence-corrected chi connectivity index (χ3v) is 4.32. The lowest BCUT2D eigenvalue weighted by Crippen LogP contribution is -2.61. The fourth-order valence-electron chi connectivity index (χ4n) is 2.60. The maximum Gasteiger partial charge on any atom is 0.307 e. The van der Waals surface area contributed by atoms with E-state index in [1.807, 2.05) is 19.1 Å². The zero-order chi connectivity index (χ0) is 16.1. The highest BCUT2D eigenvalue weighted by Crippen LogP contribution is 2.29. The molecule has 0 unspecified atom stereocenters.